The average molecular weight is 290 g/mol. The zero-order valence-electron chi connectivity index (χ0n) is 12.9. The maximum atomic E-state index is 12.4. The van der Waals surface area contributed by atoms with Crippen molar-refractivity contribution in [3.63, 3.8) is 0 Å². The molecule has 0 aliphatic carbocycles. The van der Waals surface area contributed by atoms with E-state index >= 15 is 0 Å². The minimum atomic E-state index is 0.128. The summed E-state index contributed by atoms with van der Waals surface area (Å²) in [6, 6.07) is 3.66. The van der Waals surface area contributed by atoms with Crippen molar-refractivity contribution in [3.8, 4) is 0 Å². The number of amides is 1. The standard InChI is InChI=1S/C16H26N4O/c1-14-13-15(5-7-18-14)16(21)20-11-9-19(10-12-20)8-4-2-3-6-17/h5,7,13H,2-4,6,8-12,17H2,1H3. The van der Waals surface area contributed by atoms with E-state index in [9.17, 15) is 4.79 Å². The number of rotatable bonds is 6. The molecule has 21 heavy (non-hydrogen) atoms. The Labute approximate surface area is 127 Å². The number of nitrogens with zero attached hydrogens (tertiary/aromatic N) is 3. The van der Waals surface area contributed by atoms with E-state index in [1.807, 2.05) is 17.9 Å². The third kappa shape index (κ3) is 4.79. The molecule has 0 bridgehead atoms. The van der Waals surface area contributed by atoms with Crippen LogP contribution in [0.25, 0.3) is 0 Å². The molecule has 2 heterocycles. The molecule has 5 heteroatoms. The van der Waals surface area contributed by atoms with Gasteiger partial charge < -0.3 is 10.6 Å². The fraction of sp³-hybridized carbons (Fsp3) is 0.625. The molecule has 2 rings (SSSR count). The molecule has 1 aliphatic rings. The Hall–Kier alpha value is -1.46. The number of carbonyl (C=O) groups excluding carboxylic acids is 1. The SMILES string of the molecule is Cc1cc(C(=O)N2CCN(CCCCCN)CC2)ccn1. The Morgan fingerprint density at radius 2 is 2.00 bits per heavy atom. The van der Waals surface area contributed by atoms with E-state index in [1.165, 1.54) is 12.8 Å². The molecule has 1 aromatic heterocycles. The highest BCUT2D eigenvalue weighted by Gasteiger charge is 2.21. The molecule has 0 saturated carbocycles. The number of pyridine rings is 1. The first-order valence-corrected chi connectivity index (χ1v) is 7.85. The summed E-state index contributed by atoms with van der Waals surface area (Å²) in [6.45, 7) is 7.39. The van der Waals surface area contributed by atoms with Crippen molar-refractivity contribution in [2.75, 3.05) is 39.3 Å². The first kappa shape index (κ1) is 15.9. The van der Waals surface area contributed by atoms with Gasteiger partial charge in [-0.15, -0.1) is 0 Å². The Bertz CT molecular complexity index is 455. The van der Waals surface area contributed by atoms with Gasteiger partial charge in [0.15, 0.2) is 0 Å². The minimum absolute atomic E-state index is 0.128. The molecule has 0 spiro atoms. The van der Waals surface area contributed by atoms with E-state index < -0.39 is 0 Å². The smallest absolute Gasteiger partial charge is 0.254 e. The normalized spacial score (nSPS) is 16.2. The molecule has 0 unspecified atom stereocenters. The molecular weight excluding hydrogens is 264 g/mol. The van der Waals surface area contributed by atoms with Gasteiger partial charge in [-0.05, 0) is 45.0 Å². The van der Waals surface area contributed by atoms with Gasteiger partial charge >= 0.3 is 0 Å². The molecule has 1 aliphatic heterocycles. The maximum Gasteiger partial charge on any atom is 0.254 e. The van der Waals surface area contributed by atoms with Crippen molar-refractivity contribution in [3.05, 3.63) is 29.6 Å². The molecule has 0 aromatic carbocycles. The number of aryl methyl sites for hydroxylation is 1. The van der Waals surface area contributed by atoms with Crippen LogP contribution in [0.2, 0.25) is 0 Å². The van der Waals surface area contributed by atoms with Crippen molar-refractivity contribution < 1.29 is 4.79 Å². The van der Waals surface area contributed by atoms with Crippen LogP contribution in [0.15, 0.2) is 18.3 Å². The highest BCUT2D eigenvalue weighted by atomic mass is 16.2. The number of aromatic nitrogens is 1. The molecule has 1 saturated heterocycles. The van der Waals surface area contributed by atoms with Gasteiger partial charge in [-0.2, -0.15) is 0 Å². The van der Waals surface area contributed by atoms with Gasteiger partial charge in [0.2, 0.25) is 0 Å². The zero-order chi connectivity index (χ0) is 15.1. The zero-order valence-corrected chi connectivity index (χ0v) is 12.9. The molecule has 1 fully saturated rings. The van der Waals surface area contributed by atoms with Gasteiger partial charge in [-0.1, -0.05) is 6.42 Å². The van der Waals surface area contributed by atoms with Crippen LogP contribution in [0.5, 0.6) is 0 Å². The minimum Gasteiger partial charge on any atom is -0.336 e. The number of unbranched alkanes of at least 4 members (excludes halogenated alkanes) is 2. The molecule has 0 atom stereocenters. The average Bonchev–Trinajstić information content (AvgIpc) is 2.51. The maximum absolute atomic E-state index is 12.4. The van der Waals surface area contributed by atoms with Gasteiger partial charge in [0.25, 0.3) is 5.91 Å². The van der Waals surface area contributed by atoms with Crippen LogP contribution in [-0.4, -0.2) is 60.0 Å². The van der Waals surface area contributed by atoms with E-state index in [-0.39, 0.29) is 5.91 Å². The lowest BCUT2D eigenvalue weighted by Gasteiger charge is -2.34. The van der Waals surface area contributed by atoms with E-state index in [2.05, 4.69) is 9.88 Å². The molecule has 116 valence electrons. The third-order valence-corrected chi connectivity index (χ3v) is 3.98. The van der Waals surface area contributed by atoms with Gasteiger partial charge in [0.1, 0.15) is 0 Å². The van der Waals surface area contributed by atoms with Crippen LogP contribution in [0, 0.1) is 6.92 Å². The molecule has 2 N–H and O–H groups in total. The second-order valence-corrected chi connectivity index (χ2v) is 5.67. The van der Waals surface area contributed by atoms with E-state index in [0.717, 1.165) is 56.9 Å². The van der Waals surface area contributed by atoms with Crippen molar-refractivity contribution in [1.82, 2.24) is 14.8 Å². The quantitative estimate of drug-likeness (QED) is 0.802. The number of hydrogen-bond donors (Lipinski definition) is 1. The van der Waals surface area contributed by atoms with Crippen molar-refractivity contribution in [2.45, 2.75) is 26.2 Å². The lowest BCUT2D eigenvalue weighted by molar-refractivity contribution is 0.0635. The van der Waals surface area contributed by atoms with Crippen LogP contribution >= 0.6 is 0 Å². The summed E-state index contributed by atoms with van der Waals surface area (Å²) < 4.78 is 0. The lowest BCUT2D eigenvalue weighted by atomic mass is 10.2. The predicted molar refractivity (Wildman–Crippen MR) is 84.2 cm³/mol. The first-order valence-electron chi connectivity index (χ1n) is 7.85. The summed E-state index contributed by atoms with van der Waals surface area (Å²) >= 11 is 0. The number of carbonyl (C=O) groups is 1. The molecule has 0 radical (unpaired) electrons. The van der Waals surface area contributed by atoms with Crippen molar-refractivity contribution in [2.24, 2.45) is 5.73 Å². The van der Waals surface area contributed by atoms with E-state index in [1.54, 1.807) is 12.3 Å². The van der Waals surface area contributed by atoms with Crippen LogP contribution in [0.4, 0.5) is 0 Å². The second kappa shape index (κ2) is 8.10. The van der Waals surface area contributed by atoms with Crippen molar-refractivity contribution >= 4 is 5.91 Å². The molecular formula is C16H26N4O. The topological polar surface area (TPSA) is 62.5 Å². The predicted octanol–water partition coefficient (Wildman–Crippen LogP) is 1.28. The van der Waals surface area contributed by atoms with E-state index in [0.29, 0.717) is 0 Å². The third-order valence-electron chi connectivity index (χ3n) is 3.98. The summed E-state index contributed by atoms with van der Waals surface area (Å²) in [7, 11) is 0. The largest absolute Gasteiger partial charge is 0.336 e. The molecule has 5 nitrogen and oxygen atoms in total. The summed E-state index contributed by atoms with van der Waals surface area (Å²) in [5.74, 6) is 0.128. The second-order valence-electron chi connectivity index (χ2n) is 5.67. The summed E-state index contributed by atoms with van der Waals surface area (Å²) in [5, 5.41) is 0. The summed E-state index contributed by atoms with van der Waals surface area (Å²) in [4.78, 5) is 21.0. The van der Waals surface area contributed by atoms with Crippen LogP contribution in [-0.2, 0) is 0 Å². The fourth-order valence-electron chi connectivity index (χ4n) is 2.69. The van der Waals surface area contributed by atoms with Gasteiger partial charge in [-0.25, -0.2) is 0 Å². The first-order chi connectivity index (χ1) is 10.2. The Morgan fingerprint density at radius 1 is 1.24 bits per heavy atom. The number of piperazine rings is 1. The van der Waals surface area contributed by atoms with Crippen LogP contribution in [0.3, 0.4) is 0 Å². The number of hydrogen-bond acceptors (Lipinski definition) is 4. The summed E-state index contributed by atoms with van der Waals surface area (Å²) in [5.41, 5.74) is 7.14. The summed E-state index contributed by atoms with van der Waals surface area (Å²) in [6.07, 6.45) is 5.22. The highest BCUT2D eigenvalue weighted by molar-refractivity contribution is 5.94. The van der Waals surface area contributed by atoms with Crippen LogP contribution < -0.4 is 5.73 Å². The lowest BCUT2D eigenvalue weighted by Crippen LogP contribution is -2.48. The monoisotopic (exact) mass is 290 g/mol. The van der Waals surface area contributed by atoms with Gasteiger partial charge in [0.05, 0.1) is 0 Å². The Kier molecular flexibility index (Phi) is 6.14. The fourth-order valence-corrected chi connectivity index (χ4v) is 2.69. The van der Waals surface area contributed by atoms with Crippen molar-refractivity contribution in [1.29, 1.82) is 0 Å². The number of nitrogens with two attached hydrogens (primary N) is 1. The molecule has 1 amide bonds. The Balaban J connectivity index is 1.77. The molecule has 1 aromatic rings. The Morgan fingerprint density at radius 3 is 2.67 bits per heavy atom. The van der Waals surface area contributed by atoms with E-state index in [4.69, 9.17) is 5.73 Å². The van der Waals surface area contributed by atoms with Gasteiger partial charge in [0, 0.05) is 43.6 Å². The van der Waals surface area contributed by atoms with Gasteiger partial charge in [-0.3, -0.25) is 14.7 Å². The highest BCUT2D eigenvalue weighted by Crippen LogP contribution is 2.10. The van der Waals surface area contributed by atoms with Crippen LogP contribution in [0.1, 0.15) is 35.3 Å².